The van der Waals surface area contributed by atoms with Crippen LogP contribution in [-0.4, -0.2) is 67.5 Å². The molecule has 3 heterocycles. The molecule has 0 N–H and O–H groups in total. The molecule has 0 unspecified atom stereocenters. The second-order valence-electron chi connectivity index (χ2n) is 6.04. The lowest BCUT2D eigenvalue weighted by atomic mass is 9.88. The highest BCUT2D eigenvalue weighted by Gasteiger charge is 2.43. The number of carbonyl (C=O) groups excluding carboxylic acids is 2. The van der Waals surface area contributed by atoms with E-state index in [4.69, 9.17) is 9.47 Å². The molecule has 1 aromatic heterocycles. The predicted molar refractivity (Wildman–Crippen MR) is 82.5 cm³/mol. The Morgan fingerprint density at radius 2 is 2.04 bits per heavy atom. The second-order valence-corrected chi connectivity index (χ2v) is 6.04. The van der Waals surface area contributed by atoms with Crippen molar-refractivity contribution in [2.45, 2.75) is 6.42 Å². The topological polar surface area (TPSA) is 72.0 Å². The zero-order valence-electron chi connectivity index (χ0n) is 13.6. The maximum atomic E-state index is 12.8. The van der Waals surface area contributed by atoms with E-state index in [2.05, 4.69) is 4.98 Å². The minimum atomic E-state index is -0.151. The first-order valence-corrected chi connectivity index (χ1v) is 7.68. The number of pyridine rings is 1. The Kier molecular flexibility index (Phi) is 4.11. The average Bonchev–Trinajstić information content (AvgIpc) is 3.02. The van der Waals surface area contributed by atoms with Crippen LogP contribution in [0.15, 0.2) is 12.1 Å². The molecule has 7 nitrogen and oxygen atoms in total. The van der Waals surface area contributed by atoms with Crippen LogP contribution in [0.2, 0.25) is 0 Å². The molecule has 0 saturated carbocycles. The second kappa shape index (κ2) is 6.06. The molecule has 1 aromatic rings. The highest BCUT2D eigenvalue weighted by atomic mass is 16.5. The number of aromatic nitrogens is 1. The summed E-state index contributed by atoms with van der Waals surface area (Å²) in [5.41, 5.74) is 0.396. The van der Waals surface area contributed by atoms with E-state index in [-0.39, 0.29) is 29.5 Å². The fourth-order valence-corrected chi connectivity index (χ4v) is 3.39. The van der Waals surface area contributed by atoms with Gasteiger partial charge < -0.3 is 19.3 Å². The summed E-state index contributed by atoms with van der Waals surface area (Å²) in [6.07, 6.45) is 0.939. The van der Waals surface area contributed by atoms with Crippen molar-refractivity contribution in [2.75, 3.05) is 40.9 Å². The number of amides is 2. The number of hydrogen-bond acceptors (Lipinski definition) is 5. The Morgan fingerprint density at radius 3 is 2.74 bits per heavy atom. The lowest BCUT2D eigenvalue weighted by Crippen LogP contribution is -2.42. The van der Waals surface area contributed by atoms with E-state index in [0.717, 1.165) is 13.0 Å². The summed E-state index contributed by atoms with van der Waals surface area (Å²) in [6.45, 7) is 1.83. The van der Waals surface area contributed by atoms with Gasteiger partial charge >= 0.3 is 0 Å². The molecular weight excluding hydrogens is 298 g/mol. The summed E-state index contributed by atoms with van der Waals surface area (Å²) in [5, 5.41) is 0. The number of hydrogen-bond donors (Lipinski definition) is 0. The molecule has 2 fully saturated rings. The van der Waals surface area contributed by atoms with Gasteiger partial charge in [0.05, 0.1) is 20.1 Å². The number of likely N-dealkylation sites (tertiary alicyclic amines) is 2. The van der Waals surface area contributed by atoms with Crippen LogP contribution in [0.4, 0.5) is 0 Å². The quantitative estimate of drug-likeness (QED) is 0.818. The van der Waals surface area contributed by atoms with Crippen molar-refractivity contribution in [1.82, 2.24) is 14.8 Å². The Bertz CT molecular complexity index is 634. The maximum Gasteiger partial charge on any atom is 0.259 e. The van der Waals surface area contributed by atoms with Gasteiger partial charge in [-0.1, -0.05) is 0 Å². The molecule has 3 rings (SSSR count). The van der Waals surface area contributed by atoms with E-state index >= 15 is 0 Å². The molecule has 2 atom stereocenters. The van der Waals surface area contributed by atoms with Crippen LogP contribution in [0.3, 0.4) is 0 Å². The van der Waals surface area contributed by atoms with Crippen LogP contribution < -0.4 is 9.47 Å². The van der Waals surface area contributed by atoms with Gasteiger partial charge in [-0.2, -0.15) is 4.98 Å². The minimum Gasteiger partial charge on any atom is -0.481 e. The molecule has 0 spiro atoms. The van der Waals surface area contributed by atoms with Crippen LogP contribution in [-0.2, 0) is 4.79 Å². The van der Waals surface area contributed by atoms with E-state index in [1.807, 2.05) is 7.05 Å². The highest BCUT2D eigenvalue weighted by Crippen LogP contribution is 2.33. The highest BCUT2D eigenvalue weighted by molar-refractivity contribution is 5.97. The third kappa shape index (κ3) is 2.71. The monoisotopic (exact) mass is 319 g/mol. The predicted octanol–water partition coefficient (Wildman–Crippen LogP) is 0.649. The molecule has 2 aliphatic rings. The standard InChI is InChI=1S/C16H21N3O4/c1-18-7-6-10-8-19(9-12(10)15(18)20)16(21)11-4-5-13(22-2)17-14(11)23-3/h4-5,10,12H,6-9H2,1-3H3/t10-,12+/m1/s1. The summed E-state index contributed by atoms with van der Waals surface area (Å²) in [6, 6.07) is 3.29. The van der Waals surface area contributed by atoms with Crippen molar-refractivity contribution >= 4 is 11.8 Å². The average molecular weight is 319 g/mol. The fraction of sp³-hybridized carbons (Fsp3) is 0.562. The van der Waals surface area contributed by atoms with Crippen LogP contribution >= 0.6 is 0 Å². The van der Waals surface area contributed by atoms with Gasteiger partial charge in [0.15, 0.2) is 0 Å². The van der Waals surface area contributed by atoms with Crippen molar-refractivity contribution in [3.63, 3.8) is 0 Å². The van der Waals surface area contributed by atoms with Crippen LogP contribution in [0.1, 0.15) is 16.8 Å². The van der Waals surface area contributed by atoms with E-state index in [1.54, 1.807) is 21.9 Å². The van der Waals surface area contributed by atoms with Gasteiger partial charge in [-0.25, -0.2) is 0 Å². The summed E-state index contributed by atoms with van der Waals surface area (Å²) >= 11 is 0. The van der Waals surface area contributed by atoms with E-state index in [0.29, 0.717) is 24.5 Å². The molecule has 7 heteroatoms. The Morgan fingerprint density at radius 1 is 1.26 bits per heavy atom. The number of rotatable bonds is 3. The molecule has 2 aliphatic heterocycles. The molecule has 124 valence electrons. The Balaban J connectivity index is 1.81. The van der Waals surface area contributed by atoms with Gasteiger partial charge in [0.1, 0.15) is 5.56 Å². The fourth-order valence-electron chi connectivity index (χ4n) is 3.39. The smallest absolute Gasteiger partial charge is 0.259 e. The first-order chi connectivity index (χ1) is 11.0. The zero-order valence-corrected chi connectivity index (χ0v) is 13.6. The van der Waals surface area contributed by atoms with Gasteiger partial charge in [0.2, 0.25) is 17.7 Å². The van der Waals surface area contributed by atoms with Crippen molar-refractivity contribution in [1.29, 1.82) is 0 Å². The third-order valence-electron chi connectivity index (χ3n) is 4.72. The normalized spacial score (nSPS) is 23.7. The molecular formula is C16H21N3O4. The van der Waals surface area contributed by atoms with E-state index < -0.39 is 0 Å². The largest absolute Gasteiger partial charge is 0.481 e. The van der Waals surface area contributed by atoms with Gasteiger partial charge in [-0.05, 0) is 18.4 Å². The van der Waals surface area contributed by atoms with Crippen LogP contribution in [0, 0.1) is 11.8 Å². The van der Waals surface area contributed by atoms with Crippen molar-refractivity contribution in [3.8, 4) is 11.8 Å². The molecule has 2 amide bonds. The Hall–Kier alpha value is -2.31. The first-order valence-electron chi connectivity index (χ1n) is 7.68. The summed E-state index contributed by atoms with van der Waals surface area (Å²) in [5.74, 6) is 0.783. The molecule has 0 radical (unpaired) electrons. The lowest BCUT2D eigenvalue weighted by molar-refractivity contribution is -0.137. The van der Waals surface area contributed by atoms with Crippen molar-refractivity contribution in [3.05, 3.63) is 17.7 Å². The Labute approximate surface area is 135 Å². The number of ether oxygens (including phenoxy) is 2. The van der Waals surface area contributed by atoms with Gasteiger partial charge in [0.25, 0.3) is 5.91 Å². The molecule has 2 saturated heterocycles. The van der Waals surface area contributed by atoms with Crippen LogP contribution in [0.5, 0.6) is 11.8 Å². The number of fused-ring (bicyclic) bond motifs is 1. The lowest BCUT2D eigenvalue weighted by Gasteiger charge is -2.30. The number of nitrogens with zero attached hydrogens (tertiary/aromatic N) is 3. The SMILES string of the molecule is COc1ccc(C(=O)N2C[C@H]3CCN(C)C(=O)[C@H]3C2)c(OC)n1. The summed E-state index contributed by atoms with van der Waals surface area (Å²) < 4.78 is 10.3. The summed E-state index contributed by atoms with van der Waals surface area (Å²) in [4.78, 5) is 32.7. The molecule has 0 bridgehead atoms. The van der Waals surface area contributed by atoms with Crippen molar-refractivity contribution in [2.24, 2.45) is 11.8 Å². The molecule has 0 aliphatic carbocycles. The van der Waals surface area contributed by atoms with E-state index in [1.165, 1.54) is 14.2 Å². The van der Waals surface area contributed by atoms with Crippen LogP contribution in [0.25, 0.3) is 0 Å². The zero-order chi connectivity index (χ0) is 16.6. The van der Waals surface area contributed by atoms with Crippen molar-refractivity contribution < 1.29 is 19.1 Å². The maximum absolute atomic E-state index is 12.8. The van der Waals surface area contributed by atoms with E-state index in [9.17, 15) is 9.59 Å². The molecule has 23 heavy (non-hydrogen) atoms. The third-order valence-corrected chi connectivity index (χ3v) is 4.72. The van der Waals surface area contributed by atoms with Gasteiger partial charge in [0, 0.05) is 32.7 Å². The first kappa shape index (κ1) is 15.6. The van der Waals surface area contributed by atoms with Gasteiger partial charge in [-0.15, -0.1) is 0 Å². The number of carbonyl (C=O) groups is 2. The minimum absolute atomic E-state index is 0.0881. The van der Waals surface area contributed by atoms with Gasteiger partial charge in [-0.3, -0.25) is 9.59 Å². The number of methoxy groups -OCH3 is 2. The number of piperidine rings is 1. The summed E-state index contributed by atoms with van der Waals surface area (Å²) in [7, 11) is 4.80. The molecule has 0 aromatic carbocycles.